The molecule has 0 aliphatic rings. The highest BCUT2D eigenvalue weighted by molar-refractivity contribution is 7.98. The van der Waals surface area contributed by atoms with E-state index in [2.05, 4.69) is 9.97 Å². The molecule has 20 heavy (non-hydrogen) atoms. The summed E-state index contributed by atoms with van der Waals surface area (Å²) in [5.41, 5.74) is 6.84. The largest absolute Gasteiger partial charge is 0.480 e. The number of aromatic nitrogens is 2. The van der Waals surface area contributed by atoms with Gasteiger partial charge in [0.25, 0.3) is 5.56 Å². The Labute approximate surface area is 119 Å². The molecule has 0 aliphatic carbocycles. The van der Waals surface area contributed by atoms with E-state index in [1.807, 2.05) is 19.1 Å². The minimum Gasteiger partial charge on any atom is -0.480 e. The highest BCUT2D eigenvalue weighted by atomic mass is 32.2. The summed E-state index contributed by atoms with van der Waals surface area (Å²) in [5.74, 6) is 0.179. The van der Waals surface area contributed by atoms with E-state index in [-0.39, 0.29) is 11.3 Å². The van der Waals surface area contributed by atoms with Gasteiger partial charge in [0.15, 0.2) is 0 Å². The van der Waals surface area contributed by atoms with E-state index in [1.54, 1.807) is 6.07 Å². The van der Waals surface area contributed by atoms with Crippen molar-refractivity contribution in [3.05, 3.63) is 39.9 Å². The molecule has 0 aliphatic heterocycles. The molecule has 1 aromatic carbocycles. The van der Waals surface area contributed by atoms with E-state index in [9.17, 15) is 9.59 Å². The predicted molar refractivity (Wildman–Crippen MR) is 78.9 cm³/mol. The fourth-order valence-electron chi connectivity index (χ4n) is 1.77. The van der Waals surface area contributed by atoms with Gasteiger partial charge in [-0.3, -0.25) is 9.59 Å². The van der Waals surface area contributed by atoms with Gasteiger partial charge in [-0.1, -0.05) is 12.1 Å². The first kappa shape index (κ1) is 14.5. The van der Waals surface area contributed by atoms with Gasteiger partial charge in [-0.25, -0.2) is 4.98 Å². The number of aromatic amines is 1. The number of aryl methyl sites for hydroxylation is 1. The van der Waals surface area contributed by atoms with Crippen molar-refractivity contribution in [3.63, 3.8) is 0 Å². The van der Waals surface area contributed by atoms with Crippen molar-refractivity contribution < 1.29 is 9.90 Å². The molecule has 2 rings (SSSR count). The second-order valence-electron chi connectivity index (χ2n) is 4.44. The lowest BCUT2D eigenvalue weighted by molar-refractivity contribution is -0.137. The Balaban J connectivity index is 2.18. The summed E-state index contributed by atoms with van der Waals surface area (Å²) in [6, 6.07) is 4.53. The van der Waals surface area contributed by atoms with Gasteiger partial charge in [0.05, 0.1) is 16.7 Å². The molecule has 6 nitrogen and oxygen atoms in total. The Bertz CT molecular complexity index is 699. The molecule has 0 spiro atoms. The molecule has 1 heterocycles. The summed E-state index contributed by atoms with van der Waals surface area (Å²) in [6.07, 6.45) is 0. The van der Waals surface area contributed by atoms with Gasteiger partial charge in [0.2, 0.25) is 0 Å². The molecule has 0 saturated carbocycles. The van der Waals surface area contributed by atoms with Gasteiger partial charge in [-0.05, 0) is 18.6 Å². The van der Waals surface area contributed by atoms with Crippen molar-refractivity contribution in [1.82, 2.24) is 9.97 Å². The van der Waals surface area contributed by atoms with Crippen LogP contribution in [0.1, 0.15) is 11.4 Å². The van der Waals surface area contributed by atoms with Crippen LogP contribution in [0, 0.1) is 6.92 Å². The smallest absolute Gasteiger partial charge is 0.321 e. The number of para-hydroxylation sites is 1. The minimum atomic E-state index is -1.03. The fourth-order valence-corrected chi connectivity index (χ4v) is 2.62. The number of aliphatic carboxylic acids is 1. The Kier molecular flexibility index (Phi) is 4.41. The molecule has 0 amide bonds. The van der Waals surface area contributed by atoms with Gasteiger partial charge >= 0.3 is 5.97 Å². The second kappa shape index (κ2) is 6.06. The molecule has 7 heteroatoms. The maximum atomic E-state index is 11.9. The summed E-state index contributed by atoms with van der Waals surface area (Å²) < 4.78 is 0. The number of fused-ring (bicyclic) bond motifs is 1. The second-order valence-corrected chi connectivity index (χ2v) is 5.47. The Morgan fingerprint density at radius 1 is 1.55 bits per heavy atom. The van der Waals surface area contributed by atoms with Crippen molar-refractivity contribution in [3.8, 4) is 0 Å². The molecule has 106 valence electrons. The average Bonchev–Trinajstić information content (AvgIpc) is 2.40. The molecular formula is C13H15N3O3S. The first-order chi connectivity index (χ1) is 9.49. The maximum absolute atomic E-state index is 11.9. The number of benzene rings is 1. The van der Waals surface area contributed by atoms with E-state index >= 15 is 0 Å². The zero-order valence-corrected chi connectivity index (χ0v) is 11.7. The van der Waals surface area contributed by atoms with Crippen LogP contribution in [0.4, 0.5) is 0 Å². The predicted octanol–water partition coefficient (Wildman–Crippen LogP) is 0.877. The van der Waals surface area contributed by atoms with Crippen molar-refractivity contribution in [2.45, 2.75) is 18.7 Å². The third-order valence-corrected chi connectivity index (χ3v) is 3.91. The number of carboxylic acids is 1. The first-order valence-electron chi connectivity index (χ1n) is 6.03. The van der Waals surface area contributed by atoms with Crippen LogP contribution < -0.4 is 11.3 Å². The normalized spacial score (nSPS) is 12.5. The average molecular weight is 293 g/mol. The molecule has 2 aromatic rings. The first-order valence-corrected chi connectivity index (χ1v) is 7.19. The minimum absolute atomic E-state index is 0.183. The molecule has 4 N–H and O–H groups in total. The van der Waals surface area contributed by atoms with Gasteiger partial charge in [-0.15, -0.1) is 0 Å². The Morgan fingerprint density at radius 2 is 2.30 bits per heavy atom. The number of hydrogen-bond acceptors (Lipinski definition) is 5. The van der Waals surface area contributed by atoms with E-state index in [1.165, 1.54) is 11.8 Å². The summed E-state index contributed by atoms with van der Waals surface area (Å²) in [7, 11) is 0. The van der Waals surface area contributed by atoms with Crippen LogP contribution in [-0.4, -0.2) is 32.8 Å². The van der Waals surface area contributed by atoms with Gasteiger partial charge in [0, 0.05) is 5.75 Å². The number of carboxylic acid groups (broad SMARTS) is 1. The molecule has 1 aromatic heterocycles. The Hall–Kier alpha value is -1.86. The highest BCUT2D eigenvalue weighted by Crippen LogP contribution is 2.14. The number of nitrogens with two attached hydrogens (primary N) is 1. The summed E-state index contributed by atoms with van der Waals surface area (Å²) in [6.45, 7) is 1.89. The number of nitrogens with zero attached hydrogens (tertiary/aromatic N) is 1. The van der Waals surface area contributed by atoms with Crippen LogP contribution in [0.3, 0.4) is 0 Å². The number of rotatable bonds is 5. The summed E-state index contributed by atoms with van der Waals surface area (Å²) in [5, 5.41) is 9.25. The quantitative estimate of drug-likeness (QED) is 0.755. The molecule has 0 saturated heterocycles. The van der Waals surface area contributed by atoms with Crippen LogP contribution >= 0.6 is 11.8 Å². The molecule has 1 atom stereocenters. The van der Waals surface area contributed by atoms with Crippen LogP contribution in [0.5, 0.6) is 0 Å². The van der Waals surface area contributed by atoms with Gasteiger partial charge in [0.1, 0.15) is 11.9 Å². The third-order valence-electron chi connectivity index (χ3n) is 2.84. The Morgan fingerprint density at radius 3 is 3.00 bits per heavy atom. The van der Waals surface area contributed by atoms with Gasteiger partial charge in [-0.2, -0.15) is 11.8 Å². The molecule has 0 unspecified atom stereocenters. The topological polar surface area (TPSA) is 109 Å². The van der Waals surface area contributed by atoms with E-state index < -0.39 is 12.0 Å². The van der Waals surface area contributed by atoms with Crippen LogP contribution in [0.25, 0.3) is 10.9 Å². The molecule has 0 radical (unpaired) electrons. The van der Waals surface area contributed by atoms with Crippen LogP contribution in [0.15, 0.2) is 23.0 Å². The molecule has 0 bridgehead atoms. The molecular weight excluding hydrogens is 278 g/mol. The van der Waals surface area contributed by atoms with Crippen LogP contribution in [0.2, 0.25) is 0 Å². The number of H-pyrrole nitrogens is 1. The van der Waals surface area contributed by atoms with E-state index in [4.69, 9.17) is 10.8 Å². The number of carbonyl (C=O) groups is 1. The third kappa shape index (κ3) is 3.17. The lowest BCUT2D eigenvalue weighted by Crippen LogP contribution is -2.32. The fraction of sp³-hybridized carbons (Fsp3) is 0.308. The number of hydrogen-bond donors (Lipinski definition) is 3. The number of thioether (sulfide) groups is 1. The maximum Gasteiger partial charge on any atom is 0.321 e. The lowest BCUT2D eigenvalue weighted by Gasteiger charge is -2.07. The van der Waals surface area contributed by atoms with Crippen molar-refractivity contribution in [1.29, 1.82) is 0 Å². The van der Waals surface area contributed by atoms with Crippen LogP contribution in [-0.2, 0) is 10.5 Å². The highest BCUT2D eigenvalue weighted by Gasteiger charge is 2.12. The van der Waals surface area contributed by atoms with Crippen molar-refractivity contribution in [2.24, 2.45) is 5.73 Å². The standard InChI is InChI=1S/C13H15N3O3S/c1-7-3-2-4-8-11(7)15-10(16-12(8)17)6-20-5-9(14)13(18)19/h2-4,9H,5-6,14H2,1H3,(H,18,19)(H,15,16,17)/t9-/m1/s1. The summed E-state index contributed by atoms with van der Waals surface area (Å²) in [4.78, 5) is 29.7. The van der Waals surface area contributed by atoms with E-state index in [0.29, 0.717) is 22.5 Å². The van der Waals surface area contributed by atoms with E-state index in [0.717, 1.165) is 5.56 Å². The number of nitrogens with one attached hydrogen (secondary N) is 1. The SMILES string of the molecule is Cc1cccc2c(=O)[nH]c(CSC[C@@H](N)C(=O)O)nc12. The monoisotopic (exact) mass is 293 g/mol. The summed E-state index contributed by atoms with van der Waals surface area (Å²) >= 11 is 1.33. The molecule has 0 fully saturated rings. The van der Waals surface area contributed by atoms with Crippen molar-refractivity contribution in [2.75, 3.05) is 5.75 Å². The zero-order chi connectivity index (χ0) is 14.7. The zero-order valence-electron chi connectivity index (χ0n) is 10.9. The van der Waals surface area contributed by atoms with Gasteiger partial charge < -0.3 is 15.8 Å². The lowest BCUT2D eigenvalue weighted by atomic mass is 10.1. The van der Waals surface area contributed by atoms with Crippen molar-refractivity contribution >= 4 is 28.6 Å².